The number of pyridine rings is 1. The number of carbonyl (C=O) groups is 1. The zero-order chi connectivity index (χ0) is 43.3. The molecule has 9 rings (SSSR count). The van der Waals surface area contributed by atoms with Gasteiger partial charge in [0.05, 0.1) is 36.3 Å². The van der Waals surface area contributed by atoms with Gasteiger partial charge >= 0.3 is 0 Å². The number of likely N-dealkylation sites (N-methyl/N-ethyl adjacent to an activating group) is 1. The van der Waals surface area contributed by atoms with Gasteiger partial charge in [-0.1, -0.05) is 24.4 Å². The number of hydrogen-bond acceptors (Lipinski definition) is 9. The Morgan fingerprint density at radius 3 is 2.56 bits per heavy atom. The summed E-state index contributed by atoms with van der Waals surface area (Å²) in [6, 6.07) is 3.06. The first-order valence-electron chi connectivity index (χ1n) is 19.3. The fraction of sp³-hybridized carbons (Fsp3) is 0.436. The molecule has 61 heavy (non-hydrogen) atoms. The Labute approximate surface area is 348 Å². The number of amidine groups is 1. The van der Waals surface area contributed by atoms with Gasteiger partial charge in [-0.05, 0) is 60.6 Å². The zero-order valence-corrected chi connectivity index (χ0v) is 33.8. The summed E-state index contributed by atoms with van der Waals surface area (Å²) in [6.07, 6.45) is 3.08. The second-order valence-corrected chi connectivity index (χ2v) is 18.1. The molecule has 0 radical (unpaired) electrons. The van der Waals surface area contributed by atoms with E-state index < -0.39 is 99.7 Å². The number of alkyl halides is 4. The Morgan fingerprint density at radius 2 is 1.87 bits per heavy atom. The normalized spacial score (nSPS) is 23.9. The Hall–Kier alpha value is -5.28. The number of allylic oxidation sites excluding steroid dienone is 2. The molecule has 5 aliphatic rings. The van der Waals surface area contributed by atoms with Crippen molar-refractivity contribution in [2.24, 2.45) is 22.2 Å². The lowest BCUT2D eigenvalue weighted by Crippen LogP contribution is -2.43. The minimum atomic E-state index is -3.97. The lowest BCUT2D eigenvalue weighted by molar-refractivity contribution is -0.123. The molecular weight excluding hydrogens is 856 g/mol. The average molecular weight is 892 g/mol. The van der Waals surface area contributed by atoms with Crippen molar-refractivity contribution in [3.63, 3.8) is 0 Å². The molecule has 1 aliphatic heterocycles. The van der Waals surface area contributed by atoms with Crippen LogP contribution in [0.1, 0.15) is 72.4 Å². The quantitative estimate of drug-likeness (QED) is 0.165. The third-order valence-corrected chi connectivity index (χ3v) is 12.4. The summed E-state index contributed by atoms with van der Waals surface area (Å²) >= 11 is 6.67. The molecule has 4 heterocycles. The molecule has 4 aliphatic carbocycles. The van der Waals surface area contributed by atoms with E-state index in [1.165, 1.54) is 29.3 Å². The van der Waals surface area contributed by atoms with Crippen LogP contribution in [0.3, 0.4) is 0 Å². The first kappa shape index (κ1) is 41.1. The molecule has 2 unspecified atom stereocenters. The Morgan fingerprint density at radius 1 is 1.13 bits per heavy atom. The van der Waals surface area contributed by atoms with Crippen LogP contribution in [0.5, 0.6) is 5.88 Å². The maximum Gasteiger partial charge on any atom is 0.293 e. The average Bonchev–Trinajstić information content (AvgIpc) is 4.08. The van der Waals surface area contributed by atoms with E-state index in [0.717, 1.165) is 42.2 Å². The van der Waals surface area contributed by atoms with E-state index in [9.17, 15) is 35.6 Å². The predicted octanol–water partition coefficient (Wildman–Crippen LogP) is 5.46. The van der Waals surface area contributed by atoms with E-state index >= 15 is 8.78 Å². The number of ether oxygens (including phenoxy) is 1. The van der Waals surface area contributed by atoms with Gasteiger partial charge in [0.1, 0.15) is 41.2 Å². The highest BCUT2D eigenvalue weighted by atomic mass is 35.5. The van der Waals surface area contributed by atoms with Crippen LogP contribution in [-0.4, -0.2) is 75.4 Å². The van der Waals surface area contributed by atoms with E-state index in [1.807, 2.05) is 0 Å². The number of fused-ring (bicyclic) bond motifs is 5. The van der Waals surface area contributed by atoms with E-state index in [-0.39, 0.29) is 56.9 Å². The van der Waals surface area contributed by atoms with Crippen molar-refractivity contribution in [2.75, 3.05) is 19.9 Å². The molecule has 22 heteroatoms. The molecule has 1 aromatic carbocycles. The number of amides is 1. The number of sulfonamides is 1. The van der Waals surface area contributed by atoms with Gasteiger partial charge in [0.2, 0.25) is 11.8 Å². The number of rotatable bonds is 13. The van der Waals surface area contributed by atoms with Crippen LogP contribution in [0.4, 0.5) is 26.3 Å². The fourth-order valence-corrected chi connectivity index (χ4v) is 9.46. The maximum absolute atomic E-state index is 15.5. The number of aromatic nitrogens is 5. The lowest BCUT2D eigenvalue weighted by Gasteiger charge is -2.31. The minimum absolute atomic E-state index is 0.000758. The molecule has 4 aromatic rings. The largest absolute Gasteiger partial charge is 0.478 e. The molecule has 0 bridgehead atoms. The second kappa shape index (κ2) is 15.0. The van der Waals surface area contributed by atoms with Crippen LogP contribution < -0.4 is 21.0 Å². The van der Waals surface area contributed by atoms with Crippen molar-refractivity contribution in [3.8, 4) is 5.88 Å². The highest BCUT2D eigenvalue weighted by Crippen LogP contribution is 2.68. The molecule has 0 spiro atoms. The third-order valence-electron chi connectivity index (χ3n) is 11.5. The topological polar surface area (TPSA) is 166 Å². The number of hydrazine groups is 1. The number of benzene rings is 1. The highest BCUT2D eigenvalue weighted by Gasteiger charge is 2.67. The molecule has 3 fully saturated rings. The molecule has 322 valence electrons. The van der Waals surface area contributed by atoms with E-state index in [2.05, 4.69) is 25.2 Å². The van der Waals surface area contributed by atoms with Gasteiger partial charge in [-0.25, -0.2) is 36.0 Å². The van der Waals surface area contributed by atoms with Crippen molar-refractivity contribution >= 4 is 50.1 Å². The van der Waals surface area contributed by atoms with Crippen LogP contribution >= 0.6 is 11.6 Å². The summed E-state index contributed by atoms with van der Waals surface area (Å²) in [5.74, 6) is -9.18. The van der Waals surface area contributed by atoms with Crippen LogP contribution in [0.25, 0.3) is 16.7 Å². The third kappa shape index (κ3) is 7.68. The molecule has 2 N–H and O–H groups in total. The summed E-state index contributed by atoms with van der Waals surface area (Å²) in [5, 5.41) is 7.98. The number of hydrogen-bond donors (Lipinski definition) is 2. The standard InChI is InChI=1S/C39H36ClF6N9O5S/c1-53-32-26(7-6-24(40)30(32)36(51-53)52-61(2,58)59)55-37(49-35-21(38(55)57)5-8-28(48-35)60-10-9-17-3-4-17)25(13-18-11-19(41)14-20(42)12-18)47-27(56)16-54-33-29(31(50-54)34(43)44)22-15-23(22)39(33,45)46/h5-8,11-12,14,17,22-23,25,30,32,34H,3-4,9-10,13,15-16H2,1-2H3,(H,47,56)(H,51,52)/t22-,23+,25-,30?,32?/m0/s1. The van der Waals surface area contributed by atoms with E-state index in [0.29, 0.717) is 23.3 Å². The monoisotopic (exact) mass is 891 g/mol. The van der Waals surface area contributed by atoms with Gasteiger partial charge in [-0.3, -0.25) is 18.8 Å². The summed E-state index contributed by atoms with van der Waals surface area (Å²) in [6.45, 7) is -0.640. The summed E-state index contributed by atoms with van der Waals surface area (Å²) in [4.78, 5) is 38.2. The van der Waals surface area contributed by atoms with Crippen LogP contribution in [0, 0.1) is 29.4 Å². The molecule has 1 saturated heterocycles. The molecular formula is C39H36ClF6N9O5S. The summed E-state index contributed by atoms with van der Waals surface area (Å²) in [5.41, 5.74) is 0.187. The van der Waals surface area contributed by atoms with Crippen molar-refractivity contribution < 1.29 is 44.3 Å². The number of nitrogens with zero attached hydrogens (tertiary/aromatic N) is 7. The van der Waals surface area contributed by atoms with Gasteiger partial charge < -0.3 is 15.5 Å². The predicted molar refractivity (Wildman–Crippen MR) is 208 cm³/mol. The number of carbonyl (C=O) groups excluding carboxylic acids is 1. The fourth-order valence-electron chi connectivity index (χ4n) is 8.66. The van der Waals surface area contributed by atoms with Gasteiger partial charge in [0, 0.05) is 47.8 Å². The van der Waals surface area contributed by atoms with Crippen molar-refractivity contribution in [1.82, 2.24) is 40.1 Å². The van der Waals surface area contributed by atoms with Gasteiger partial charge in [0.15, 0.2) is 5.65 Å². The van der Waals surface area contributed by atoms with Crippen molar-refractivity contribution in [1.29, 1.82) is 0 Å². The van der Waals surface area contributed by atoms with Gasteiger partial charge in [-0.2, -0.15) is 18.9 Å². The highest BCUT2D eigenvalue weighted by molar-refractivity contribution is 7.89. The smallest absolute Gasteiger partial charge is 0.293 e. The SMILES string of the molecule is CN1NC(=NS(C)(=O)=O)C2C(Cl)=CC=C(n3c([C@H](Cc4cc(F)cc(F)c4)NC(=O)Cn4nc(C(F)F)c5c4C(F)(F)[C@@H]4C[C@H]54)nc4nc(OCCC5CC5)ccc4c3=O)C21. The second-order valence-electron chi connectivity index (χ2n) is 16.0. The van der Waals surface area contributed by atoms with E-state index in [4.69, 9.17) is 21.3 Å². The van der Waals surface area contributed by atoms with E-state index in [1.54, 1.807) is 7.05 Å². The van der Waals surface area contributed by atoms with Crippen LogP contribution in [0.2, 0.25) is 0 Å². The lowest BCUT2D eigenvalue weighted by atomic mass is 9.91. The maximum atomic E-state index is 15.5. The van der Waals surface area contributed by atoms with Crippen LogP contribution in [-0.2, 0) is 33.7 Å². The minimum Gasteiger partial charge on any atom is -0.478 e. The molecule has 3 aromatic heterocycles. The first-order chi connectivity index (χ1) is 28.9. The van der Waals surface area contributed by atoms with Crippen molar-refractivity contribution in [3.05, 3.63) is 97.8 Å². The van der Waals surface area contributed by atoms with Crippen LogP contribution in [0.15, 0.2) is 56.7 Å². The van der Waals surface area contributed by atoms with Gasteiger partial charge in [-0.15, -0.1) is 4.40 Å². The molecule has 5 atom stereocenters. The Kier molecular flexibility index (Phi) is 10.1. The molecule has 14 nitrogen and oxygen atoms in total. The Balaban J connectivity index is 1.18. The number of nitrogens with one attached hydrogen (secondary N) is 2. The summed E-state index contributed by atoms with van der Waals surface area (Å²) in [7, 11) is -2.42. The zero-order valence-electron chi connectivity index (χ0n) is 32.3. The Bertz CT molecular complexity index is 2750. The first-order valence-corrected chi connectivity index (χ1v) is 21.6. The van der Waals surface area contributed by atoms with Gasteiger partial charge in [0.25, 0.3) is 27.9 Å². The summed E-state index contributed by atoms with van der Waals surface area (Å²) < 4.78 is 125. The van der Waals surface area contributed by atoms with Crippen molar-refractivity contribution in [2.45, 2.75) is 69.0 Å². The molecule has 2 saturated carbocycles. The number of halogens is 7. The molecule has 1 amide bonds.